The smallest absolute Gasteiger partial charge is 0.254 e. The van der Waals surface area contributed by atoms with E-state index >= 15 is 0 Å². The molecule has 212 valence electrons. The summed E-state index contributed by atoms with van der Waals surface area (Å²) >= 11 is 3.45. The molecule has 3 saturated carbocycles. The molecule has 4 unspecified atom stereocenters. The van der Waals surface area contributed by atoms with Gasteiger partial charge < -0.3 is 5.32 Å². The van der Waals surface area contributed by atoms with Crippen LogP contribution >= 0.6 is 15.9 Å². The summed E-state index contributed by atoms with van der Waals surface area (Å²) in [6.45, 7) is 7.78. The Kier molecular flexibility index (Phi) is 7.35. The van der Waals surface area contributed by atoms with Gasteiger partial charge in [0.2, 0.25) is 0 Å². The molecule has 2 aromatic heterocycles. The first-order chi connectivity index (χ1) is 19.7. The summed E-state index contributed by atoms with van der Waals surface area (Å²) in [7, 11) is 0. The van der Waals surface area contributed by atoms with Crippen LogP contribution in [-0.2, 0) is 17.6 Å². The standard InChI is InChI=1S/C34H37BrN4O2/c1-22-26(16-27-17-29(22)33(27,2)3)21-39-31(18-30(40)25-4-6-28(35)7-5-25)38-34(32(39)41,19-23-8-12-36-13-9-23)20-24-10-14-37-15-11-24/h4-15,18,22,26-27,29,38H,16-17,19-21H2,1-3H3/b31-18-. The minimum absolute atomic E-state index is 0.0201. The van der Waals surface area contributed by atoms with Gasteiger partial charge in [-0.1, -0.05) is 36.7 Å². The number of pyridine rings is 2. The van der Waals surface area contributed by atoms with E-state index in [4.69, 9.17) is 0 Å². The lowest BCUT2D eigenvalue weighted by molar-refractivity contribution is -0.142. The second kappa shape index (κ2) is 10.8. The number of fused-ring (bicyclic) bond motifs is 2. The predicted octanol–water partition coefficient (Wildman–Crippen LogP) is 6.24. The van der Waals surface area contributed by atoms with Crippen molar-refractivity contribution in [1.82, 2.24) is 20.2 Å². The molecule has 4 aliphatic rings. The maximum absolute atomic E-state index is 14.7. The Bertz CT molecular complexity index is 1410. The van der Waals surface area contributed by atoms with Crippen LogP contribution in [-0.4, -0.2) is 38.6 Å². The minimum atomic E-state index is -0.936. The number of allylic oxidation sites excluding steroid dienone is 1. The molecule has 2 bridgehead atoms. The third kappa shape index (κ3) is 5.25. The third-order valence-corrected chi connectivity index (χ3v) is 10.7. The fourth-order valence-electron chi connectivity index (χ4n) is 7.58. The van der Waals surface area contributed by atoms with Crippen molar-refractivity contribution in [1.29, 1.82) is 0 Å². The van der Waals surface area contributed by atoms with Gasteiger partial charge in [0.05, 0.1) is 0 Å². The number of hydrogen-bond acceptors (Lipinski definition) is 5. The molecule has 6 nitrogen and oxygen atoms in total. The Morgan fingerprint density at radius 3 is 2.10 bits per heavy atom. The molecule has 1 amide bonds. The SMILES string of the molecule is CC1C(CN2C(=O)C(Cc3ccncc3)(Cc3ccncc3)N/C2=C/C(=O)c2ccc(Br)cc2)CC2CC1C2(C)C. The molecular weight excluding hydrogens is 576 g/mol. The summed E-state index contributed by atoms with van der Waals surface area (Å²) in [5.41, 5.74) is 2.05. The number of aromatic nitrogens is 2. The van der Waals surface area contributed by atoms with Crippen molar-refractivity contribution < 1.29 is 9.59 Å². The monoisotopic (exact) mass is 612 g/mol. The summed E-state index contributed by atoms with van der Waals surface area (Å²) in [5, 5.41) is 3.62. The van der Waals surface area contributed by atoms with Crippen LogP contribution < -0.4 is 5.32 Å². The molecule has 1 N–H and O–H groups in total. The molecule has 0 spiro atoms. The van der Waals surface area contributed by atoms with Crippen molar-refractivity contribution in [2.24, 2.45) is 29.1 Å². The number of halogens is 1. The largest absolute Gasteiger partial charge is 0.357 e. The second-order valence-electron chi connectivity index (χ2n) is 12.8. The molecule has 1 saturated heterocycles. The van der Waals surface area contributed by atoms with E-state index in [0.29, 0.717) is 59.9 Å². The predicted molar refractivity (Wildman–Crippen MR) is 163 cm³/mol. The molecule has 3 aromatic rings. The zero-order chi connectivity index (χ0) is 28.8. The average molecular weight is 614 g/mol. The Balaban J connectivity index is 1.38. The summed E-state index contributed by atoms with van der Waals surface area (Å²) in [5.74, 6) is 2.76. The summed E-state index contributed by atoms with van der Waals surface area (Å²) in [6, 6.07) is 15.2. The van der Waals surface area contributed by atoms with Gasteiger partial charge in [-0.3, -0.25) is 24.5 Å². The molecule has 7 heteroatoms. The van der Waals surface area contributed by atoms with Crippen LogP contribution in [0.2, 0.25) is 0 Å². The van der Waals surface area contributed by atoms with E-state index in [1.807, 2.05) is 53.4 Å². The van der Waals surface area contributed by atoms with Gasteiger partial charge >= 0.3 is 0 Å². The van der Waals surface area contributed by atoms with E-state index in [9.17, 15) is 9.59 Å². The average Bonchev–Trinajstić information content (AvgIpc) is 3.20. The highest BCUT2D eigenvalue weighted by Crippen LogP contribution is 2.63. The molecule has 3 aliphatic carbocycles. The van der Waals surface area contributed by atoms with E-state index in [2.05, 4.69) is 52.0 Å². The highest BCUT2D eigenvalue weighted by Gasteiger charge is 2.57. The van der Waals surface area contributed by atoms with Crippen molar-refractivity contribution in [2.45, 2.75) is 52.0 Å². The number of amides is 1. The zero-order valence-electron chi connectivity index (χ0n) is 23.9. The van der Waals surface area contributed by atoms with Gasteiger partial charge in [-0.25, -0.2) is 0 Å². The fraction of sp³-hybridized carbons (Fsp3) is 0.412. The van der Waals surface area contributed by atoms with Gasteiger partial charge in [0.1, 0.15) is 11.4 Å². The maximum atomic E-state index is 14.7. The van der Waals surface area contributed by atoms with E-state index in [1.54, 1.807) is 30.9 Å². The third-order valence-electron chi connectivity index (χ3n) is 10.1. The fourth-order valence-corrected chi connectivity index (χ4v) is 7.85. The van der Waals surface area contributed by atoms with E-state index in [0.717, 1.165) is 22.0 Å². The van der Waals surface area contributed by atoms with Crippen molar-refractivity contribution >= 4 is 27.6 Å². The highest BCUT2D eigenvalue weighted by atomic mass is 79.9. The first kappa shape index (κ1) is 27.8. The van der Waals surface area contributed by atoms with Gasteiger partial charge in [0.25, 0.3) is 5.91 Å². The van der Waals surface area contributed by atoms with Gasteiger partial charge in [-0.2, -0.15) is 0 Å². The van der Waals surface area contributed by atoms with Crippen LogP contribution in [0.3, 0.4) is 0 Å². The lowest BCUT2D eigenvalue weighted by Crippen LogP contribution is -2.57. The summed E-state index contributed by atoms with van der Waals surface area (Å²) in [6.07, 6.45) is 12.0. The van der Waals surface area contributed by atoms with Crippen LogP contribution in [0.25, 0.3) is 0 Å². The first-order valence-electron chi connectivity index (χ1n) is 14.6. The lowest BCUT2D eigenvalue weighted by Gasteiger charge is -2.62. The maximum Gasteiger partial charge on any atom is 0.254 e. The molecular formula is C34H37BrN4O2. The summed E-state index contributed by atoms with van der Waals surface area (Å²) in [4.78, 5) is 38.4. The van der Waals surface area contributed by atoms with Crippen molar-refractivity contribution in [3.8, 4) is 0 Å². The van der Waals surface area contributed by atoms with E-state index < -0.39 is 5.54 Å². The van der Waals surface area contributed by atoms with E-state index in [1.165, 1.54) is 6.42 Å². The lowest BCUT2D eigenvalue weighted by atomic mass is 9.43. The first-order valence-corrected chi connectivity index (χ1v) is 15.4. The van der Waals surface area contributed by atoms with Crippen LogP contribution in [0.15, 0.2) is 89.7 Å². The molecule has 4 fully saturated rings. The Morgan fingerprint density at radius 1 is 0.976 bits per heavy atom. The molecule has 3 heterocycles. The molecule has 0 radical (unpaired) electrons. The second-order valence-corrected chi connectivity index (χ2v) is 13.7. The van der Waals surface area contributed by atoms with Crippen LogP contribution in [0.5, 0.6) is 0 Å². The molecule has 41 heavy (non-hydrogen) atoms. The van der Waals surface area contributed by atoms with Crippen LogP contribution in [0.4, 0.5) is 0 Å². The van der Waals surface area contributed by atoms with Gasteiger partial charge in [-0.15, -0.1) is 0 Å². The number of benzene rings is 1. The minimum Gasteiger partial charge on any atom is -0.357 e. The molecule has 1 aromatic carbocycles. The normalized spacial score (nSPS) is 26.9. The highest BCUT2D eigenvalue weighted by molar-refractivity contribution is 9.10. The summed E-state index contributed by atoms with van der Waals surface area (Å²) < 4.78 is 0.916. The quantitative estimate of drug-likeness (QED) is 0.241. The molecule has 1 aliphatic heterocycles. The Labute approximate surface area is 250 Å². The number of ketones is 1. The number of hydrogen-bond donors (Lipinski definition) is 1. The Morgan fingerprint density at radius 2 is 1.56 bits per heavy atom. The van der Waals surface area contributed by atoms with Crippen molar-refractivity contribution in [3.05, 3.63) is 106 Å². The van der Waals surface area contributed by atoms with Gasteiger partial charge in [0, 0.05) is 60.3 Å². The van der Waals surface area contributed by atoms with Crippen molar-refractivity contribution in [2.75, 3.05) is 6.54 Å². The van der Waals surface area contributed by atoms with E-state index in [-0.39, 0.29) is 11.7 Å². The number of carbonyl (C=O) groups excluding carboxylic acids is 2. The van der Waals surface area contributed by atoms with Crippen molar-refractivity contribution in [3.63, 3.8) is 0 Å². The van der Waals surface area contributed by atoms with Gasteiger partial charge in [0.15, 0.2) is 5.78 Å². The molecule has 4 atom stereocenters. The number of rotatable bonds is 8. The topological polar surface area (TPSA) is 75.2 Å². The number of nitrogens with zero attached hydrogens (tertiary/aromatic N) is 3. The number of carbonyl (C=O) groups is 2. The zero-order valence-corrected chi connectivity index (χ0v) is 25.5. The van der Waals surface area contributed by atoms with Crippen LogP contribution in [0.1, 0.15) is 55.1 Å². The number of nitrogens with one attached hydrogen (secondary N) is 1. The molecule has 7 rings (SSSR count). The van der Waals surface area contributed by atoms with Crippen LogP contribution in [0, 0.1) is 29.1 Å². The van der Waals surface area contributed by atoms with Gasteiger partial charge in [-0.05, 0) is 102 Å². The Hall–Kier alpha value is -3.32.